The average molecular weight is 498 g/mol. The molecule has 4 rings (SSSR count). The molecule has 0 bridgehead atoms. The summed E-state index contributed by atoms with van der Waals surface area (Å²) in [6, 6.07) is 15.5. The van der Waals surface area contributed by atoms with E-state index in [0.29, 0.717) is 26.7 Å². The fraction of sp³-hybridized carbons (Fsp3) is 0.167. The van der Waals surface area contributed by atoms with E-state index in [9.17, 15) is 4.79 Å². The lowest BCUT2D eigenvalue weighted by Crippen LogP contribution is -2.15. The van der Waals surface area contributed by atoms with Gasteiger partial charge in [-0.3, -0.25) is 14.3 Å². The van der Waals surface area contributed by atoms with Crippen molar-refractivity contribution in [3.05, 3.63) is 82.1 Å². The summed E-state index contributed by atoms with van der Waals surface area (Å²) < 4.78 is 1.94. The van der Waals surface area contributed by atoms with Crippen molar-refractivity contribution >= 4 is 46.6 Å². The van der Waals surface area contributed by atoms with Crippen LogP contribution in [0.25, 0.3) is 17.1 Å². The number of aryl methyl sites for hydroxylation is 2. The van der Waals surface area contributed by atoms with Crippen molar-refractivity contribution in [2.24, 2.45) is 0 Å². The molecule has 168 valence electrons. The summed E-state index contributed by atoms with van der Waals surface area (Å²) in [5, 5.41) is 13.0. The molecule has 0 aliphatic heterocycles. The normalized spacial score (nSPS) is 10.9. The highest BCUT2D eigenvalue weighted by atomic mass is 35.5. The first kappa shape index (κ1) is 23.3. The number of hydrogen-bond donors (Lipinski definition) is 1. The van der Waals surface area contributed by atoms with Gasteiger partial charge in [0.25, 0.3) is 0 Å². The minimum Gasteiger partial charge on any atom is -0.323 e. The van der Waals surface area contributed by atoms with Gasteiger partial charge >= 0.3 is 0 Å². The summed E-state index contributed by atoms with van der Waals surface area (Å²) in [6.45, 7) is 3.97. The Kier molecular flexibility index (Phi) is 7.33. The van der Waals surface area contributed by atoms with Gasteiger partial charge in [-0.05, 0) is 54.8 Å². The molecule has 1 amide bonds. The highest BCUT2D eigenvalue weighted by molar-refractivity contribution is 7.99. The van der Waals surface area contributed by atoms with Crippen LogP contribution in [-0.2, 0) is 11.2 Å². The first-order valence-corrected chi connectivity index (χ1v) is 12.0. The highest BCUT2D eigenvalue weighted by Crippen LogP contribution is 2.33. The monoisotopic (exact) mass is 497 g/mol. The molecule has 9 heteroatoms. The summed E-state index contributed by atoms with van der Waals surface area (Å²) in [5.41, 5.74) is 4.28. The first-order valence-electron chi connectivity index (χ1n) is 10.3. The van der Waals surface area contributed by atoms with Gasteiger partial charge in [-0.25, -0.2) is 0 Å². The molecule has 0 radical (unpaired) electrons. The third-order valence-corrected chi connectivity index (χ3v) is 6.79. The van der Waals surface area contributed by atoms with E-state index in [1.165, 1.54) is 17.3 Å². The molecule has 0 saturated carbocycles. The number of anilines is 1. The number of amides is 1. The van der Waals surface area contributed by atoms with Gasteiger partial charge < -0.3 is 5.32 Å². The fourth-order valence-electron chi connectivity index (χ4n) is 3.24. The summed E-state index contributed by atoms with van der Waals surface area (Å²) in [5.74, 6) is 0.548. The van der Waals surface area contributed by atoms with Crippen LogP contribution < -0.4 is 5.32 Å². The summed E-state index contributed by atoms with van der Waals surface area (Å²) in [7, 11) is 0. The Morgan fingerprint density at radius 3 is 2.45 bits per heavy atom. The number of rotatable bonds is 7. The number of carbonyl (C=O) groups excluding carboxylic acids is 1. The van der Waals surface area contributed by atoms with E-state index >= 15 is 0 Å². The van der Waals surface area contributed by atoms with Gasteiger partial charge in [-0.2, -0.15) is 0 Å². The van der Waals surface area contributed by atoms with Gasteiger partial charge in [0.2, 0.25) is 5.91 Å². The SMILES string of the molecule is CCc1ccc(-n2c(SCC(=O)Nc3c(Cl)ccc(C)c3Cl)nnc2-c2ccncc2)cc1. The van der Waals surface area contributed by atoms with E-state index in [4.69, 9.17) is 23.2 Å². The van der Waals surface area contributed by atoms with Crippen LogP contribution in [0.1, 0.15) is 18.1 Å². The second kappa shape index (κ2) is 10.4. The smallest absolute Gasteiger partial charge is 0.234 e. The standard InChI is InChI=1S/C24H21Cl2N5OS/c1-3-16-5-7-18(8-6-16)31-23(17-10-12-27-13-11-17)29-30-24(31)33-14-20(32)28-22-19(25)9-4-15(2)21(22)26/h4-13H,3,14H2,1-2H3,(H,28,32). The third-order valence-electron chi connectivity index (χ3n) is 5.06. The number of nitrogens with zero attached hydrogens (tertiary/aromatic N) is 4. The van der Waals surface area contributed by atoms with E-state index in [1.807, 2.05) is 41.8 Å². The van der Waals surface area contributed by atoms with Gasteiger partial charge in [0.15, 0.2) is 11.0 Å². The predicted octanol–water partition coefficient (Wildman–Crippen LogP) is 6.24. The van der Waals surface area contributed by atoms with Crippen molar-refractivity contribution in [3.8, 4) is 17.1 Å². The Labute approximate surface area is 206 Å². The number of aromatic nitrogens is 4. The second-order valence-electron chi connectivity index (χ2n) is 7.29. The van der Waals surface area contributed by atoms with Crippen molar-refractivity contribution in [2.75, 3.05) is 11.1 Å². The first-order chi connectivity index (χ1) is 16.0. The van der Waals surface area contributed by atoms with Crippen LogP contribution in [0.4, 0.5) is 5.69 Å². The minimum atomic E-state index is -0.240. The lowest BCUT2D eigenvalue weighted by Gasteiger charge is -2.12. The number of thioether (sulfide) groups is 1. The molecular weight excluding hydrogens is 477 g/mol. The lowest BCUT2D eigenvalue weighted by molar-refractivity contribution is -0.113. The fourth-order valence-corrected chi connectivity index (χ4v) is 4.46. The summed E-state index contributed by atoms with van der Waals surface area (Å²) in [4.78, 5) is 16.8. The van der Waals surface area contributed by atoms with Crippen molar-refractivity contribution in [2.45, 2.75) is 25.4 Å². The van der Waals surface area contributed by atoms with Crippen molar-refractivity contribution < 1.29 is 4.79 Å². The maximum atomic E-state index is 12.7. The number of hydrogen-bond acceptors (Lipinski definition) is 5. The molecule has 2 aromatic heterocycles. The zero-order valence-electron chi connectivity index (χ0n) is 18.0. The molecule has 0 atom stereocenters. The molecule has 1 N–H and O–H groups in total. The molecule has 0 fully saturated rings. The van der Waals surface area contributed by atoms with E-state index in [2.05, 4.69) is 39.6 Å². The number of halogens is 2. The highest BCUT2D eigenvalue weighted by Gasteiger charge is 2.18. The average Bonchev–Trinajstić information content (AvgIpc) is 3.27. The molecule has 33 heavy (non-hydrogen) atoms. The van der Waals surface area contributed by atoms with Gasteiger partial charge in [-0.15, -0.1) is 10.2 Å². The zero-order chi connectivity index (χ0) is 23.4. The Morgan fingerprint density at radius 2 is 1.76 bits per heavy atom. The van der Waals surface area contributed by atoms with Crippen LogP contribution in [0.15, 0.2) is 66.1 Å². The molecular formula is C24H21Cl2N5OS. The van der Waals surface area contributed by atoms with Gasteiger partial charge in [0.05, 0.1) is 21.5 Å². The molecule has 6 nitrogen and oxygen atoms in total. The van der Waals surface area contributed by atoms with Gasteiger partial charge in [-0.1, -0.05) is 60.1 Å². The van der Waals surface area contributed by atoms with Crippen LogP contribution in [0.5, 0.6) is 0 Å². The Bertz CT molecular complexity index is 1280. The largest absolute Gasteiger partial charge is 0.323 e. The maximum Gasteiger partial charge on any atom is 0.234 e. The molecule has 2 aromatic carbocycles. The number of nitrogens with one attached hydrogen (secondary N) is 1. The van der Waals surface area contributed by atoms with Crippen molar-refractivity contribution in [1.82, 2.24) is 19.7 Å². The second-order valence-corrected chi connectivity index (χ2v) is 9.02. The van der Waals surface area contributed by atoms with Crippen molar-refractivity contribution in [3.63, 3.8) is 0 Å². The van der Waals surface area contributed by atoms with Crippen LogP contribution in [0.2, 0.25) is 10.0 Å². The quantitative estimate of drug-likeness (QED) is 0.306. The van der Waals surface area contributed by atoms with Crippen molar-refractivity contribution in [1.29, 1.82) is 0 Å². The Morgan fingerprint density at radius 1 is 1.03 bits per heavy atom. The molecule has 4 aromatic rings. The molecule has 2 heterocycles. The van der Waals surface area contributed by atoms with Crippen LogP contribution >= 0.6 is 35.0 Å². The van der Waals surface area contributed by atoms with Crippen LogP contribution in [0.3, 0.4) is 0 Å². The molecule has 0 spiro atoms. The molecule has 0 aliphatic rings. The number of pyridine rings is 1. The minimum absolute atomic E-state index is 0.113. The lowest BCUT2D eigenvalue weighted by atomic mass is 10.1. The predicted molar refractivity (Wildman–Crippen MR) is 135 cm³/mol. The number of carbonyl (C=O) groups is 1. The van der Waals surface area contributed by atoms with E-state index < -0.39 is 0 Å². The molecule has 0 unspecified atom stereocenters. The van der Waals surface area contributed by atoms with E-state index in [-0.39, 0.29) is 11.7 Å². The van der Waals surface area contributed by atoms with Crippen LogP contribution in [-0.4, -0.2) is 31.4 Å². The topological polar surface area (TPSA) is 72.7 Å². The zero-order valence-corrected chi connectivity index (χ0v) is 20.4. The van der Waals surface area contributed by atoms with E-state index in [0.717, 1.165) is 23.2 Å². The Balaban J connectivity index is 1.61. The Hall–Kier alpha value is -2.87. The van der Waals surface area contributed by atoms with E-state index in [1.54, 1.807) is 18.5 Å². The number of benzene rings is 2. The molecule has 0 aliphatic carbocycles. The maximum absolute atomic E-state index is 12.7. The summed E-state index contributed by atoms with van der Waals surface area (Å²) in [6.07, 6.45) is 4.37. The summed E-state index contributed by atoms with van der Waals surface area (Å²) >= 11 is 13.8. The van der Waals surface area contributed by atoms with Gasteiger partial charge in [0, 0.05) is 23.6 Å². The van der Waals surface area contributed by atoms with Crippen LogP contribution in [0, 0.1) is 6.92 Å². The van der Waals surface area contributed by atoms with Gasteiger partial charge in [0.1, 0.15) is 0 Å². The molecule has 0 saturated heterocycles. The third kappa shape index (κ3) is 5.21.